The first-order chi connectivity index (χ1) is 23.0. The van der Waals surface area contributed by atoms with Crippen molar-refractivity contribution in [1.82, 2.24) is 10.2 Å². The minimum absolute atomic E-state index is 0.0540. The van der Waals surface area contributed by atoms with E-state index in [4.69, 9.17) is 0 Å². The largest absolute Gasteiger partial charge is 0.352 e. The smallest absolute Gasteiger partial charge is 0.264 e. The van der Waals surface area contributed by atoms with Crippen LogP contribution in [0.1, 0.15) is 67.7 Å². The second-order valence-corrected chi connectivity index (χ2v) is 15.7. The Morgan fingerprint density at radius 1 is 0.833 bits per heavy atom. The second-order valence-electron chi connectivity index (χ2n) is 12.9. The molecule has 2 amide bonds. The first-order valence-electron chi connectivity index (χ1n) is 16.6. The number of halogens is 1. The normalized spacial score (nSPS) is 14.1. The fourth-order valence-electron chi connectivity index (χ4n) is 6.10. The van der Waals surface area contributed by atoms with Crippen LogP contribution in [0.5, 0.6) is 0 Å². The third kappa shape index (κ3) is 8.94. The monoisotopic (exact) mass is 729 g/mol. The summed E-state index contributed by atoms with van der Waals surface area (Å²) in [6, 6.07) is 30.4. The quantitative estimate of drug-likeness (QED) is 0.152. The van der Waals surface area contributed by atoms with Crippen LogP contribution in [-0.2, 0) is 32.6 Å². The molecular weight excluding hydrogens is 686 g/mol. The third-order valence-corrected chi connectivity index (χ3v) is 11.3. The zero-order valence-corrected chi connectivity index (χ0v) is 30.2. The molecule has 0 unspecified atom stereocenters. The van der Waals surface area contributed by atoms with Gasteiger partial charge < -0.3 is 10.2 Å². The van der Waals surface area contributed by atoms with E-state index < -0.39 is 28.5 Å². The molecule has 0 aliphatic heterocycles. The van der Waals surface area contributed by atoms with E-state index >= 15 is 0 Å². The average Bonchev–Trinajstić information content (AvgIpc) is 3.59. The molecule has 0 saturated heterocycles. The van der Waals surface area contributed by atoms with Gasteiger partial charge in [0.25, 0.3) is 10.0 Å². The van der Waals surface area contributed by atoms with E-state index in [0.29, 0.717) is 5.69 Å². The predicted molar refractivity (Wildman–Crippen MR) is 195 cm³/mol. The molecule has 1 saturated carbocycles. The van der Waals surface area contributed by atoms with E-state index in [1.54, 1.807) is 41.3 Å². The SMILES string of the molecule is Cc1ccc(S(=O)(=O)N(CC(=O)N(Cc2ccc(Br)cc2)[C@@H](Cc2ccccc2)C(=O)NC2CCCC2)c2ccc(C(C)C)cc2)cc1. The summed E-state index contributed by atoms with van der Waals surface area (Å²) >= 11 is 3.49. The zero-order valence-electron chi connectivity index (χ0n) is 27.8. The molecule has 4 aromatic carbocycles. The van der Waals surface area contributed by atoms with Crippen LogP contribution >= 0.6 is 15.9 Å². The van der Waals surface area contributed by atoms with Crippen molar-refractivity contribution in [3.05, 3.63) is 130 Å². The first-order valence-corrected chi connectivity index (χ1v) is 18.8. The van der Waals surface area contributed by atoms with Crippen molar-refractivity contribution in [2.45, 2.75) is 82.3 Å². The van der Waals surface area contributed by atoms with Crippen molar-refractivity contribution in [1.29, 1.82) is 0 Å². The van der Waals surface area contributed by atoms with Crippen molar-refractivity contribution < 1.29 is 18.0 Å². The van der Waals surface area contributed by atoms with Gasteiger partial charge in [-0.15, -0.1) is 0 Å². The Morgan fingerprint density at radius 2 is 1.46 bits per heavy atom. The Kier molecular flexibility index (Phi) is 11.8. The Hall–Kier alpha value is -3.95. The number of carbonyl (C=O) groups is 2. The van der Waals surface area contributed by atoms with Crippen LogP contribution in [0.4, 0.5) is 5.69 Å². The second kappa shape index (κ2) is 16.0. The molecule has 252 valence electrons. The molecule has 0 bridgehead atoms. The minimum Gasteiger partial charge on any atom is -0.352 e. The summed E-state index contributed by atoms with van der Waals surface area (Å²) in [5.74, 6) is -0.448. The van der Waals surface area contributed by atoms with Crippen molar-refractivity contribution in [2.24, 2.45) is 0 Å². The molecule has 48 heavy (non-hydrogen) atoms. The van der Waals surface area contributed by atoms with Crippen LogP contribution in [0, 0.1) is 6.92 Å². The van der Waals surface area contributed by atoms with E-state index in [9.17, 15) is 18.0 Å². The van der Waals surface area contributed by atoms with Gasteiger partial charge in [0.1, 0.15) is 12.6 Å². The Bertz CT molecular complexity index is 1770. The highest BCUT2D eigenvalue weighted by Crippen LogP contribution is 2.28. The molecule has 1 aliphatic carbocycles. The van der Waals surface area contributed by atoms with Crippen LogP contribution in [0.3, 0.4) is 0 Å². The Morgan fingerprint density at radius 3 is 2.06 bits per heavy atom. The van der Waals surface area contributed by atoms with E-state index in [-0.39, 0.29) is 35.7 Å². The number of amides is 2. The summed E-state index contributed by atoms with van der Waals surface area (Å²) in [5, 5.41) is 3.22. The van der Waals surface area contributed by atoms with Gasteiger partial charge >= 0.3 is 0 Å². The first kappa shape index (κ1) is 35.4. The van der Waals surface area contributed by atoms with Gasteiger partial charge in [0.05, 0.1) is 10.6 Å². The van der Waals surface area contributed by atoms with E-state index in [1.165, 1.54) is 4.31 Å². The molecule has 1 atom stereocenters. The van der Waals surface area contributed by atoms with Gasteiger partial charge in [-0.2, -0.15) is 0 Å². The average molecular weight is 731 g/mol. The number of hydrogen-bond acceptors (Lipinski definition) is 4. The number of sulfonamides is 1. The standard InChI is InChI=1S/C39H44BrN3O4S/c1-28(2)32-17-21-35(22-18-32)43(48(46,47)36-23-13-29(3)14-24-36)27-38(44)42(26-31-15-19-33(40)20-16-31)37(25-30-9-5-4-6-10-30)39(45)41-34-11-7-8-12-34/h4-6,9-10,13-24,28,34,37H,7-8,11-12,25-27H2,1-3H3,(H,41,45)/t37-/m0/s1. The van der Waals surface area contributed by atoms with E-state index in [2.05, 4.69) is 35.1 Å². The van der Waals surface area contributed by atoms with Crippen LogP contribution < -0.4 is 9.62 Å². The van der Waals surface area contributed by atoms with E-state index in [0.717, 1.165) is 52.4 Å². The Balaban J connectivity index is 1.57. The molecule has 1 aliphatic rings. The van der Waals surface area contributed by atoms with Crippen LogP contribution in [-0.4, -0.2) is 43.8 Å². The fourth-order valence-corrected chi connectivity index (χ4v) is 7.78. The molecule has 0 radical (unpaired) electrons. The molecule has 7 nitrogen and oxygen atoms in total. The fraction of sp³-hybridized carbons (Fsp3) is 0.333. The van der Waals surface area contributed by atoms with Crippen molar-refractivity contribution in [2.75, 3.05) is 10.8 Å². The lowest BCUT2D eigenvalue weighted by Crippen LogP contribution is -2.54. The molecule has 0 heterocycles. The topological polar surface area (TPSA) is 86.8 Å². The molecule has 1 fully saturated rings. The highest BCUT2D eigenvalue weighted by molar-refractivity contribution is 9.10. The number of carbonyl (C=O) groups excluding carboxylic acids is 2. The maximum atomic E-state index is 14.7. The number of nitrogens with zero attached hydrogens (tertiary/aromatic N) is 2. The molecule has 1 N–H and O–H groups in total. The van der Waals surface area contributed by atoms with Gasteiger partial charge in [0.2, 0.25) is 11.8 Å². The van der Waals surface area contributed by atoms with Crippen molar-refractivity contribution >= 4 is 43.5 Å². The van der Waals surface area contributed by atoms with Gasteiger partial charge in [-0.05, 0) is 78.8 Å². The number of nitrogens with one attached hydrogen (secondary N) is 1. The number of aryl methyl sites for hydroxylation is 1. The summed E-state index contributed by atoms with van der Waals surface area (Å²) in [6.07, 6.45) is 4.20. The zero-order chi connectivity index (χ0) is 34.3. The van der Waals surface area contributed by atoms with Gasteiger partial charge in [-0.25, -0.2) is 8.42 Å². The number of rotatable bonds is 13. The molecule has 0 spiro atoms. The van der Waals surface area contributed by atoms with Gasteiger partial charge in [-0.1, -0.05) is 115 Å². The van der Waals surface area contributed by atoms with Crippen molar-refractivity contribution in [3.8, 4) is 0 Å². The molecule has 5 rings (SSSR count). The maximum absolute atomic E-state index is 14.7. The lowest BCUT2D eigenvalue weighted by atomic mass is 10.0. The van der Waals surface area contributed by atoms with E-state index in [1.807, 2.05) is 73.7 Å². The summed E-state index contributed by atoms with van der Waals surface area (Å²) in [4.78, 5) is 30.5. The molecular formula is C39H44BrN3O4S. The molecule has 4 aromatic rings. The lowest BCUT2D eigenvalue weighted by molar-refractivity contribution is -0.140. The summed E-state index contributed by atoms with van der Waals surface area (Å²) in [7, 11) is -4.16. The van der Waals surface area contributed by atoms with Crippen LogP contribution in [0.15, 0.2) is 112 Å². The third-order valence-electron chi connectivity index (χ3n) is 8.97. The van der Waals surface area contributed by atoms with Gasteiger partial charge in [0.15, 0.2) is 0 Å². The predicted octanol–water partition coefficient (Wildman–Crippen LogP) is 7.78. The highest BCUT2D eigenvalue weighted by Gasteiger charge is 2.35. The minimum atomic E-state index is -4.16. The van der Waals surface area contributed by atoms with Crippen LogP contribution in [0.25, 0.3) is 0 Å². The molecule has 0 aromatic heterocycles. The summed E-state index contributed by atoms with van der Waals surface area (Å²) in [5.41, 5.74) is 4.10. The van der Waals surface area contributed by atoms with Gasteiger partial charge in [-0.3, -0.25) is 13.9 Å². The highest BCUT2D eigenvalue weighted by atomic mass is 79.9. The lowest BCUT2D eigenvalue weighted by Gasteiger charge is -2.34. The maximum Gasteiger partial charge on any atom is 0.264 e. The number of anilines is 1. The Labute approximate surface area is 293 Å². The van der Waals surface area contributed by atoms with Crippen LogP contribution in [0.2, 0.25) is 0 Å². The number of benzene rings is 4. The van der Waals surface area contributed by atoms with Gasteiger partial charge in [0, 0.05) is 23.5 Å². The summed E-state index contributed by atoms with van der Waals surface area (Å²) < 4.78 is 30.7. The molecule has 9 heteroatoms. The summed E-state index contributed by atoms with van der Waals surface area (Å²) in [6.45, 7) is 5.69. The van der Waals surface area contributed by atoms with Crippen molar-refractivity contribution in [3.63, 3.8) is 0 Å². The number of hydrogen-bond donors (Lipinski definition) is 1.